The van der Waals surface area contributed by atoms with Crippen molar-refractivity contribution in [3.05, 3.63) is 93.9 Å². The molecule has 30 heavy (non-hydrogen) atoms. The number of pyridine rings is 1. The first-order valence-corrected chi connectivity index (χ1v) is 10.7. The van der Waals surface area contributed by atoms with E-state index in [-0.39, 0.29) is 11.5 Å². The Labute approximate surface area is 178 Å². The molecule has 2 heterocycles. The van der Waals surface area contributed by atoms with Crippen molar-refractivity contribution in [2.45, 2.75) is 18.6 Å². The van der Waals surface area contributed by atoms with Crippen LogP contribution in [0.25, 0.3) is 16.7 Å². The van der Waals surface area contributed by atoms with Crippen molar-refractivity contribution in [2.24, 2.45) is 0 Å². The van der Waals surface area contributed by atoms with Crippen molar-refractivity contribution in [3.63, 3.8) is 0 Å². The highest BCUT2D eigenvalue weighted by Crippen LogP contribution is 2.20. The zero-order valence-corrected chi connectivity index (χ0v) is 17.4. The monoisotopic (exact) mass is 416 g/mol. The zero-order valence-electron chi connectivity index (χ0n) is 16.6. The second-order valence-corrected chi connectivity index (χ2v) is 7.53. The summed E-state index contributed by atoms with van der Waals surface area (Å²) in [4.78, 5) is 34.1. The van der Waals surface area contributed by atoms with E-state index in [0.717, 1.165) is 16.6 Å². The molecule has 0 unspecified atom stereocenters. The van der Waals surface area contributed by atoms with Gasteiger partial charge >= 0.3 is 0 Å². The molecule has 0 aliphatic rings. The van der Waals surface area contributed by atoms with Gasteiger partial charge in [0, 0.05) is 23.6 Å². The Bertz CT molecular complexity index is 1270. The molecule has 0 radical (unpaired) electrons. The lowest BCUT2D eigenvalue weighted by Crippen LogP contribution is -2.23. The molecular formula is C23H20N4O2S. The molecule has 1 N–H and O–H groups in total. The van der Waals surface area contributed by atoms with Crippen molar-refractivity contribution >= 4 is 28.7 Å². The fourth-order valence-corrected chi connectivity index (χ4v) is 3.63. The third-order valence-corrected chi connectivity index (χ3v) is 5.33. The van der Waals surface area contributed by atoms with E-state index >= 15 is 0 Å². The summed E-state index contributed by atoms with van der Waals surface area (Å²) in [6, 6.07) is 19.9. The quantitative estimate of drug-likeness (QED) is 0.396. The smallest absolute Gasteiger partial charge is 0.256 e. The third kappa shape index (κ3) is 3.97. The topological polar surface area (TPSA) is 76.9 Å². The highest BCUT2D eigenvalue weighted by molar-refractivity contribution is 7.98. The number of carbonyl (C=O) groups is 1. The number of aryl methyl sites for hydroxylation is 1. The number of hydrogen-bond donors (Lipinski definition) is 1. The van der Waals surface area contributed by atoms with Crippen molar-refractivity contribution < 1.29 is 4.79 Å². The first kappa shape index (κ1) is 19.8. The molecule has 6 nitrogen and oxygen atoms in total. The minimum absolute atomic E-state index is 0.168. The Morgan fingerprint density at radius 3 is 2.43 bits per heavy atom. The molecule has 4 rings (SSSR count). The van der Waals surface area contributed by atoms with Crippen LogP contribution in [0.3, 0.4) is 0 Å². The molecule has 0 saturated carbocycles. The highest BCUT2D eigenvalue weighted by Gasteiger charge is 2.12. The Hall–Kier alpha value is -3.45. The maximum absolute atomic E-state index is 12.6. The Morgan fingerprint density at radius 1 is 1.00 bits per heavy atom. The van der Waals surface area contributed by atoms with Crippen LogP contribution >= 0.6 is 11.8 Å². The van der Waals surface area contributed by atoms with Gasteiger partial charge in [-0.15, -0.1) is 0 Å². The number of rotatable bonds is 5. The van der Waals surface area contributed by atoms with Crippen molar-refractivity contribution in [2.75, 3.05) is 6.26 Å². The summed E-state index contributed by atoms with van der Waals surface area (Å²) in [5, 5.41) is 4.33. The number of thioether (sulfide) groups is 1. The number of carbonyl (C=O) groups excluding carboxylic acids is 1. The van der Waals surface area contributed by atoms with E-state index in [1.165, 1.54) is 17.8 Å². The van der Waals surface area contributed by atoms with Gasteiger partial charge in [-0.05, 0) is 49.1 Å². The molecule has 2 aromatic heterocycles. The molecule has 150 valence electrons. The van der Waals surface area contributed by atoms with Crippen LogP contribution in [0.2, 0.25) is 0 Å². The van der Waals surface area contributed by atoms with Crippen molar-refractivity contribution in [1.82, 2.24) is 19.9 Å². The molecule has 0 fully saturated rings. The predicted octanol–water partition coefficient (Wildman–Crippen LogP) is 3.74. The van der Waals surface area contributed by atoms with E-state index in [0.29, 0.717) is 28.6 Å². The maximum Gasteiger partial charge on any atom is 0.256 e. The SMILES string of the molecule is CSc1nc(C)c2ccc(=O)n(-c3ccc(C(=O)NCc4ccccc4)cc3)c2n1. The third-order valence-electron chi connectivity index (χ3n) is 4.79. The number of hydrogen-bond acceptors (Lipinski definition) is 5. The van der Waals surface area contributed by atoms with E-state index < -0.39 is 0 Å². The average molecular weight is 417 g/mol. The summed E-state index contributed by atoms with van der Waals surface area (Å²) in [7, 11) is 0. The number of benzene rings is 2. The lowest BCUT2D eigenvalue weighted by atomic mass is 10.1. The fraction of sp³-hybridized carbons (Fsp3) is 0.130. The van der Waals surface area contributed by atoms with Crippen LogP contribution in [-0.2, 0) is 6.54 Å². The maximum atomic E-state index is 12.6. The molecule has 0 aliphatic carbocycles. The summed E-state index contributed by atoms with van der Waals surface area (Å²) >= 11 is 1.43. The summed E-state index contributed by atoms with van der Waals surface area (Å²) in [5.41, 5.74) is 3.39. The average Bonchev–Trinajstić information content (AvgIpc) is 2.78. The molecule has 1 amide bonds. The van der Waals surface area contributed by atoms with Gasteiger partial charge in [-0.2, -0.15) is 0 Å². The van der Waals surface area contributed by atoms with Gasteiger partial charge in [-0.25, -0.2) is 9.97 Å². The van der Waals surface area contributed by atoms with Crippen LogP contribution in [0.1, 0.15) is 21.6 Å². The molecule has 7 heteroatoms. The van der Waals surface area contributed by atoms with Gasteiger partial charge in [0.1, 0.15) is 0 Å². The fourth-order valence-electron chi connectivity index (χ4n) is 3.22. The summed E-state index contributed by atoms with van der Waals surface area (Å²) in [5.74, 6) is -0.168. The van der Waals surface area contributed by atoms with Crippen LogP contribution in [0.4, 0.5) is 0 Å². The first-order chi connectivity index (χ1) is 14.6. The van der Waals surface area contributed by atoms with E-state index in [1.54, 1.807) is 34.9 Å². The van der Waals surface area contributed by atoms with Crippen LogP contribution in [0, 0.1) is 6.92 Å². The van der Waals surface area contributed by atoms with Crippen LogP contribution < -0.4 is 10.9 Å². The molecule has 0 saturated heterocycles. The van der Waals surface area contributed by atoms with Crippen molar-refractivity contribution in [3.8, 4) is 5.69 Å². The lowest BCUT2D eigenvalue weighted by molar-refractivity contribution is 0.0951. The molecule has 0 atom stereocenters. The number of nitrogens with one attached hydrogen (secondary N) is 1. The van der Waals surface area contributed by atoms with Crippen LogP contribution in [-0.4, -0.2) is 26.7 Å². The largest absolute Gasteiger partial charge is 0.348 e. The van der Waals surface area contributed by atoms with Gasteiger partial charge in [0.05, 0.1) is 11.4 Å². The minimum atomic E-state index is -0.186. The molecule has 4 aromatic rings. The number of nitrogens with zero attached hydrogens (tertiary/aromatic N) is 3. The first-order valence-electron chi connectivity index (χ1n) is 9.44. The van der Waals surface area contributed by atoms with Crippen molar-refractivity contribution in [1.29, 1.82) is 0 Å². The van der Waals surface area contributed by atoms with E-state index in [9.17, 15) is 9.59 Å². The number of fused-ring (bicyclic) bond motifs is 1. The van der Waals surface area contributed by atoms with E-state index in [2.05, 4.69) is 15.3 Å². The summed E-state index contributed by atoms with van der Waals surface area (Å²) in [6.45, 7) is 2.36. The molecule has 0 spiro atoms. The van der Waals surface area contributed by atoms with Gasteiger partial charge in [0.15, 0.2) is 10.8 Å². The van der Waals surface area contributed by atoms with Gasteiger partial charge in [0.2, 0.25) is 0 Å². The zero-order chi connectivity index (χ0) is 21.1. The number of amides is 1. The standard InChI is InChI=1S/C23H20N4O2S/c1-15-19-12-13-20(28)27(21(19)26-23(25-15)30-2)18-10-8-17(9-11-18)22(29)24-14-16-6-4-3-5-7-16/h3-13H,14H2,1-2H3,(H,24,29). The van der Waals surface area contributed by atoms with Gasteiger partial charge in [0.25, 0.3) is 11.5 Å². The second kappa shape index (κ2) is 8.51. The predicted molar refractivity (Wildman–Crippen MR) is 119 cm³/mol. The normalized spacial score (nSPS) is 10.9. The van der Waals surface area contributed by atoms with Gasteiger partial charge < -0.3 is 5.32 Å². The molecule has 0 bridgehead atoms. The lowest BCUT2D eigenvalue weighted by Gasteiger charge is -2.12. The Morgan fingerprint density at radius 2 is 1.73 bits per heavy atom. The molecule has 2 aromatic carbocycles. The molecule has 0 aliphatic heterocycles. The van der Waals surface area contributed by atoms with Gasteiger partial charge in [-0.3, -0.25) is 14.2 Å². The Kier molecular flexibility index (Phi) is 5.63. The minimum Gasteiger partial charge on any atom is -0.348 e. The summed E-state index contributed by atoms with van der Waals surface area (Å²) in [6.07, 6.45) is 1.90. The van der Waals surface area contributed by atoms with E-state index in [4.69, 9.17) is 0 Å². The number of aromatic nitrogens is 3. The molecular weight excluding hydrogens is 396 g/mol. The van der Waals surface area contributed by atoms with Crippen LogP contribution in [0.5, 0.6) is 0 Å². The second-order valence-electron chi connectivity index (χ2n) is 6.76. The van der Waals surface area contributed by atoms with Crippen LogP contribution in [0.15, 0.2) is 76.7 Å². The van der Waals surface area contributed by atoms with E-state index in [1.807, 2.05) is 43.5 Å². The summed E-state index contributed by atoms with van der Waals surface area (Å²) < 4.78 is 1.55. The highest BCUT2D eigenvalue weighted by atomic mass is 32.2. The Balaban J connectivity index is 1.65. The van der Waals surface area contributed by atoms with Gasteiger partial charge in [-0.1, -0.05) is 42.1 Å².